The molecule has 0 aliphatic carbocycles. The number of rotatable bonds is 4. The molecule has 1 saturated heterocycles. The van der Waals surface area contributed by atoms with Crippen LogP contribution in [0.1, 0.15) is 18.5 Å². The summed E-state index contributed by atoms with van der Waals surface area (Å²) in [6.07, 6.45) is 0.806. The molecule has 2 heterocycles. The van der Waals surface area contributed by atoms with Crippen LogP contribution in [0.5, 0.6) is 0 Å². The van der Waals surface area contributed by atoms with E-state index in [9.17, 15) is 16.8 Å². The Morgan fingerprint density at radius 1 is 1.30 bits per heavy atom. The van der Waals surface area contributed by atoms with Gasteiger partial charge in [0.1, 0.15) is 0 Å². The van der Waals surface area contributed by atoms with E-state index in [-0.39, 0.29) is 15.0 Å². The summed E-state index contributed by atoms with van der Waals surface area (Å²) < 4.78 is 54.1. The molecule has 1 aromatic heterocycles. The van der Waals surface area contributed by atoms with E-state index in [1.807, 2.05) is 0 Å². The van der Waals surface area contributed by atoms with E-state index in [4.69, 9.17) is 15.4 Å². The van der Waals surface area contributed by atoms with Crippen molar-refractivity contribution in [3.63, 3.8) is 0 Å². The number of thiazole rings is 1. The first-order chi connectivity index (χ1) is 9.20. The summed E-state index contributed by atoms with van der Waals surface area (Å²) in [5.74, 6) is 0. The lowest BCUT2D eigenvalue weighted by Crippen LogP contribution is -2.33. The summed E-state index contributed by atoms with van der Waals surface area (Å²) in [5, 5.41) is -0.551. The van der Waals surface area contributed by atoms with Crippen LogP contribution in [0.25, 0.3) is 0 Å². The zero-order valence-corrected chi connectivity index (χ0v) is 13.7. The van der Waals surface area contributed by atoms with Gasteiger partial charge in [-0.2, -0.15) is 0 Å². The Morgan fingerprint density at radius 3 is 2.40 bits per heavy atom. The Hall–Kier alpha value is -0.420. The highest BCUT2D eigenvalue weighted by molar-refractivity contribution is 8.15. The van der Waals surface area contributed by atoms with E-state index in [1.54, 1.807) is 0 Å². The van der Waals surface area contributed by atoms with Crippen LogP contribution in [0, 0.1) is 6.92 Å². The van der Waals surface area contributed by atoms with Gasteiger partial charge in [-0.1, -0.05) is 11.3 Å². The van der Waals surface area contributed by atoms with Gasteiger partial charge in [0.25, 0.3) is 9.05 Å². The molecule has 114 valence electrons. The average Bonchev–Trinajstić information content (AvgIpc) is 2.70. The lowest BCUT2D eigenvalue weighted by molar-refractivity contribution is 0.0984. The van der Waals surface area contributed by atoms with Crippen molar-refractivity contribution in [2.24, 2.45) is 0 Å². The summed E-state index contributed by atoms with van der Waals surface area (Å²) >= 11 is 0.705. The molecule has 0 spiro atoms. The van der Waals surface area contributed by atoms with Crippen LogP contribution >= 0.6 is 22.0 Å². The zero-order chi connectivity index (χ0) is 15.0. The number of nitrogens with zero attached hydrogens (tertiary/aromatic N) is 1. The average molecular weight is 361 g/mol. The van der Waals surface area contributed by atoms with Gasteiger partial charge in [-0.05, 0) is 19.8 Å². The zero-order valence-electron chi connectivity index (χ0n) is 10.5. The van der Waals surface area contributed by atoms with E-state index in [0.717, 1.165) is 0 Å². The van der Waals surface area contributed by atoms with Crippen molar-refractivity contribution in [1.82, 2.24) is 4.98 Å². The molecule has 7 nitrogen and oxygen atoms in total. The fourth-order valence-electron chi connectivity index (χ4n) is 1.84. The second-order valence-electron chi connectivity index (χ2n) is 4.29. The Balaban J connectivity index is 2.22. The monoisotopic (exact) mass is 360 g/mol. The van der Waals surface area contributed by atoms with Crippen LogP contribution in [0.2, 0.25) is 0 Å². The molecule has 11 heteroatoms. The molecule has 0 saturated carbocycles. The summed E-state index contributed by atoms with van der Waals surface area (Å²) in [6.45, 7) is 2.24. The molecule has 1 fully saturated rings. The maximum Gasteiger partial charge on any atom is 0.272 e. The number of nitrogens with one attached hydrogen (secondary N) is 1. The molecule has 0 aromatic carbocycles. The number of anilines is 1. The second kappa shape index (κ2) is 5.76. The highest BCUT2D eigenvalue weighted by atomic mass is 35.7. The Kier molecular flexibility index (Phi) is 4.59. The minimum Gasteiger partial charge on any atom is -0.381 e. The standard InChI is InChI=1S/C9H13ClN2O5S3/c1-6-8(19(10,13)14)18-9(11-6)12-20(15,16)7-2-4-17-5-3-7/h7H,2-5H2,1H3,(H,11,12). The minimum atomic E-state index is -3.92. The summed E-state index contributed by atoms with van der Waals surface area (Å²) in [5.41, 5.74) is 0.176. The molecule has 0 unspecified atom stereocenters. The van der Waals surface area contributed by atoms with Crippen molar-refractivity contribution >= 4 is 46.2 Å². The van der Waals surface area contributed by atoms with Gasteiger partial charge in [-0.3, -0.25) is 4.72 Å². The van der Waals surface area contributed by atoms with Crippen molar-refractivity contribution in [2.45, 2.75) is 29.2 Å². The molecule has 0 atom stereocenters. The highest BCUT2D eigenvalue weighted by Crippen LogP contribution is 2.31. The highest BCUT2D eigenvalue weighted by Gasteiger charge is 2.29. The second-order valence-corrected chi connectivity index (χ2v) is 10.0. The van der Waals surface area contributed by atoms with Gasteiger partial charge in [0.15, 0.2) is 9.34 Å². The van der Waals surface area contributed by atoms with Crippen LogP contribution < -0.4 is 4.72 Å². The van der Waals surface area contributed by atoms with Gasteiger partial charge in [0.2, 0.25) is 10.0 Å². The Labute approximate surface area is 125 Å². The van der Waals surface area contributed by atoms with Crippen molar-refractivity contribution in [2.75, 3.05) is 17.9 Å². The Bertz CT molecular complexity index is 691. The van der Waals surface area contributed by atoms with Crippen molar-refractivity contribution in [3.8, 4) is 0 Å². The molecule has 2 rings (SSSR count). The number of aryl methyl sites for hydroxylation is 1. The topological polar surface area (TPSA) is 102 Å². The van der Waals surface area contributed by atoms with Gasteiger partial charge in [0.05, 0.1) is 10.9 Å². The van der Waals surface area contributed by atoms with E-state index >= 15 is 0 Å². The molecule has 1 aromatic rings. The molecular weight excluding hydrogens is 348 g/mol. The fourth-order valence-corrected chi connectivity index (χ4v) is 5.83. The summed E-state index contributed by atoms with van der Waals surface area (Å²) in [7, 11) is -2.28. The molecular formula is C9H13ClN2O5S3. The van der Waals surface area contributed by atoms with Crippen LogP contribution in [-0.4, -0.2) is 40.3 Å². The SMILES string of the molecule is Cc1nc(NS(=O)(=O)C2CCOCC2)sc1S(=O)(=O)Cl. The third kappa shape index (κ3) is 3.61. The molecule has 1 aliphatic rings. The van der Waals surface area contributed by atoms with Gasteiger partial charge < -0.3 is 4.74 Å². The Morgan fingerprint density at radius 2 is 1.90 bits per heavy atom. The van der Waals surface area contributed by atoms with Crippen molar-refractivity contribution < 1.29 is 21.6 Å². The van der Waals surface area contributed by atoms with Gasteiger partial charge in [-0.25, -0.2) is 21.8 Å². The van der Waals surface area contributed by atoms with Crippen LogP contribution in [0.4, 0.5) is 5.13 Å². The number of sulfonamides is 1. The fraction of sp³-hybridized carbons (Fsp3) is 0.667. The third-order valence-corrected chi connectivity index (χ3v) is 8.02. The van der Waals surface area contributed by atoms with E-state index < -0.39 is 24.3 Å². The predicted molar refractivity (Wildman–Crippen MR) is 76.3 cm³/mol. The number of hydrogen-bond acceptors (Lipinski definition) is 7. The molecule has 1 aliphatic heterocycles. The normalized spacial score (nSPS) is 18.1. The van der Waals surface area contributed by atoms with Gasteiger partial charge in [0, 0.05) is 23.9 Å². The van der Waals surface area contributed by atoms with E-state index in [1.165, 1.54) is 6.92 Å². The van der Waals surface area contributed by atoms with Gasteiger partial charge in [-0.15, -0.1) is 0 Å². The number of ether oxygens (including phenoxy) is 1. The van der Waals surface area contributed by atoms with Crippen molar-refractivity contribution in [3.05, 3.63) is 5.69 Å². The maximum absolute atomic E-state index is 12.1. The predicted octanol–water partition coefficient (Wildman–Crippen LogP) is 1.30. The first kappa shape index (κ1) is 16.0. The van der Waals surface area contributed by atoms with Crippen LogP contribution in [0.15, 0.2) is 4.21 Å². The summed E-state index contributed by atoms with van der Waals surface area (Å²) in [6, 6.07) is 0. The van der Waals surface area contributed by atoms with Gasteiger partial charge >= 0.3 is 0 Å². The quantitative estimate of drug-likeness (QED) is 0.812. The molecule has 0 radical (unpaired) electrons. The lowest BCUT2D eigenvalue weighted by atomic mass is 10.2. The summed E-state index contributed by atoms with van der Waals surface area (Å²) in [4.78, 5) is 3.89. The largest absolute Gasteiger partial charge is 0.381 e. The third-order valence-electron chi connectivity index (χ3n) is 2.81. The van der Waals surface area contributed by atoms with E-state index in [2.05, 4.69) is 9.71 Å². The lowest BCUT2D eigenvalue weighted by Gasteiger charge is -2.21. The van der Waals surface area contributed by atoms with E-state index in [0.29, 0.717) is 37.4 Å². The number of hydrogen-bond donors (Lipinski definition) is 1. The first-order valence-electron chi connectivity index (χ1n) is 5.71. The number of aromatic nitrogens is 1. The van der Waals surface area contributed by atoms with Crippen LogP contribution in [0.3, 0.4) is 0 Å². The van der Waals surface area contributed by atoms with Crippen LogP contribution in [-0.2, 0) is 23.8 Å². The smallest absolute Gasteiger partial charge is 0.272 e. The number of halogens is 1. The molecule has 20 heavy (non-hydrogen) atoms. The maximum atomic E-state index is 12.1. The molecule has 0 amide bonds. The minimum absolute atomic E-state index is 0.00761. The first-order valence-corrected chi connectivity index (χ1v) is 10.4. The molecule has 0 bridgehead atoms. The van der Waals surface area contributed by atoms with Crippen molar-refractivity contribution in [1.29, 1.82) is 0 Å². The molecule has 1 N–H and O–H groups in total.